The van der Waals surface area contributed by atoms with Crippen LogP contribution in [0.15, 0.2) is 24.3 Å². The van der Waals surface area contributed by atoms with Gasteiger partial charge >= 0.3 is 0 Å². The molecule has 1 aromatic carbocycles. The van der Waals surface area contributed by atoms with Crippen LogP contribution in [0.3, 0.4) is 0 Å². The molecule has 1 aliphatic carbocycles. The number of hydrogen-bond acceptors (Lipinski definition) is 3. The van der Waals surface area contributed by atoms with E-state index in [1.165, 1.54) is 12.8 Å². The second-order valence-corrected chi connectivity index (χ2v) is 5.77. The minimum atomic E-state index is 0.0534. The van der Waals surface area contributed by atoms with Gasteiger partial charge in [0.1, 0.15) is 5.75 Å². The van der Waals surface area contributed by atoms with E-state index in [-0.39, 0.29) is 18.1 Å². The SMILES string of the molecule is CCC(NCC1(CO)CCCC1)c1ccccc1O. The minimum absolute atomic E-state index is 0.0534. The molecule has 19 heavy (non-hydrogen) atoms. The topological polar surface area (TPSA) is 52.5 Å². The molecular weight excluding hydrogens is 238 g/mol. The molecule has 106 valence electrons. The zero-order valence-electron chi connectivity index (χ0n) is 11.7. The van der Waals surface area contributed by atoms with Crippen molar-refractivity contribution in [3.8, 4) is 5.75 Å². The van der Waals surface area contributed by atoms with Crippen LogP contribution in [0.25, 0.3) is 0 Å². The van der Waals surface area contributed by atoms with Crippen molar-refractivity contribution in [1.82, 2.24) is 5.32 Å². The second kappa shape index (κ2) is 6.40. The fraction of sp³-hybridized carbons (Fsp3) is 0.625. The molecular formula is C16H25NO2. The summed E-state index contributed by atoms with van der Waals surface area (Å²) in [6.07, 6.45) is 5.58. The van der Waals surface area contributed by atoms with Crippen molar-refractivity contribution >= 4 is 0 Å². The number of rotatable bonds is 6. The highest BCUT2D eigenvalue weighted by Gasteiger charge is 2.33. The maximum Gasteiger partial charge on any atom is 0.120 e. The number of para-hydroxylation sites is 1. The molecule has 1 saturated carbocycles. The number of aromatic hydroxyl groups is 1. The highest BCUT2D eigenvalue weighted by Crippen LogP contribution is 2.38. The summed E-state index contributed by atoms with van der Waals surface area (Å²) < 4.78 is 0. The Morgan fingerprint density at radius 1 is 1.26 bits per heavy atom. The van der Waals surface area contributed by atoms with Gasteiger partial charge in [0, 0.05) is 30.2 Å². The quantitative estimate of drug-likeness (QED) is 0.739. The maximum atomic E-state index is 9.94. The predicted octanol–water partition coefficient (Wildman–Crippen LogP) is 2.99. The lowest BCUT2D eigenvalue weighted by atomic mass is 9.86. The van der Waals surface area contributed by atoms with E-state index in [0.717, 1.165) is 31.4 Å². The summed E-state index contributed by atoms with van der Waals surface area (Å²) in [5, 5.41) is 23.1. The molecule has 0 heterocycles. The highest BCUT2D eigenvalue weighted by molar-refractivity contribution is 5.34. The van der Waals surface area contributed by atoms with Crippen LogP contribution >= 0.6 is 0 Å². The summed E-state index contributed by atoms with van der Waals surface area (Å²) in [6, 6.07) is 7.66. The van der Waals surface area contributed by atoms with Gasteiger partial charge in [0.15, 0.2) is 0 Å². The molecule has 3 heteroatoms. The Kier molecular flexibility index (Phi) is 4.83. The third-order valence-corrected chi connectivity index (χ3v) is 4.44. The Morgan fingerprint density at radius 3 is 2.53 bits per heavy atom. The zero-order chi connectivity index (χ0) is 13.7. The van der Waals surface area contributed by atoms with E-state index >= 15 is 0 Å². The summed E-state index contributed by atoms with van der Waals surface area (Å²) >= 11 is 0. The third kappa shape index (κ3) is 3.28. The van der Waals surface area contributed by atoms with Gasteiger partial charge < -0.3 is 15.5 Å². The van der Waals surface area contributed by atoms with E-state index in [1.54, 1.807) is 6.07 Å². The number of hydrogen-bond donors (Lipinski definition) is 3. The molecule has 1 aliphatic rings. The van der Waals surface area contributed by atoms with Crippen molar-refractivity contribution in [2.75, 3.05) is 13.2 Å². The largest absolute Gasteiger partial charge is 0.508 e. The summed E-state index contributed by atoms with van der Waals surface area (Å²) in [6.45, 7) is 3.21. The fourth-order valence-corrected chi connectivity index (χ4v) is 3.11. The summed E-state index contributed by atoms with van der Waals surface area (Å²) in [5.41, 5.74) is 1.01. The molecule has 3 nitrogen and oxygen atoms in total. The fourth-order valence-electron chi connectivity index (χ4n) is 3.11. The normalized spacial score (nSPS) is 19.5. The molecule has 0 saturated heterocycles. The highest BCUT2D eigenvalue weighted by atomic mass is 16.3. The second-order valence-electron chi connectivity index (χ2n) is 5.77. The summed E-state index contributed by atoms with van der Waals surface area (Å²) in [4.78, 5) is 0. The van der Waals surface area contributed by atoms with E-state index in [4.69, 9.17) is 0 Å². The van der Waals surface area contributed by atoms with Gasteiger partial charge in [-0.15, -0.1) is 0 Å². The Bertz CT molecular complexity index is 399. The van der Waals surface area contributed by atoms with E-state index in [1.807, 2.05) is 18.2 Å². The molecule has 1 aromatic rings. The number of aliphatic hydroxyl groups excluding tert-OH is 1. The Balaban J connectivity index is 2.02. The zero-order valence-corrected chi connectivity index (χ0v) is 11.7. The van der Waals surface area contributed by atoms with Gasteiger partial charge in [0.05, 0.1) is 0 Å². The van der Waals surface area contributed by atoms with E-state index in [2.05, 4.69) is 12.2 Å². The van der Waals surface area contributed by atoms with Crippen LogP contribution in [0.5, 0.6) is 5.75 Å². The lowest BCUT2D eigenvalue weighted by Crippen LogP contribution is -2.37. The van der Waals surface area contributed by atoms with Gasteiger partial charge in [-0.25, -0.2) is 0 Å². The van der Waals surface area contributed by atoms with Gasteiger partial charge in [0.2, 0.25) is 0 Å². The lowest BCUT2D eigenvalue weighted by Gasteiger charge is -2.30. The number of benzene rings is 1. The standard InChI is InChI=1S/C16H25NO2/c1-2-14(13-7-3-4-8-15(13)19)17-11-16(12-18)9-5-6-10-16/h3-4,7-8,14,17-19H,2,5-6,9-12H2,1H3. The van der Waals surface area contributed by atoms with E-state index < -0.39 is 0 Å². The third-order valence-electron chi connectivity index (χ3n) is 4.44. The first-order valence-corrected chi connectivity index (χ1v) is 7.33. The first-order valence-electron chi connectivity index (χ1n) is 7.33. The molecule has 1 unspecified atom stereocenters. The van der Waals surface area contributed by atoms with Crippen LogP contribution in [0, 0.1) is 5.41 Å². The molecule has 0 aromatic heterocycles. The van der Waals surface area contributed by atoms with Crippen LogP contribution < -0.4 is 5.32 Å². The van der Waals surface area contributed by atoms with Gasteiger partial charge in [-0.05, 0) is 25.3 Å². The van der Waals surface area contributed by atoms with Crippen LogP contribution in [-0.4, -0.2) is 23.4 Å². The first kappa shape index (κ1) is 14.4. The van der Waals surface area contributed by atoms with Crippen molar-refractivity contribution in [1.29, 1.82) is 0 Å². The number of nitrogens with one attached hydrogen (secondary N) is 1. The van der Waals surface area contributed by atoms with Gasteiger partial charge in [0.25, 0.3) is 0 Å². The minimum Gasteiger partial charge on any atom is -0.508 e. The van der Waals surface area contributed by atoms with Crippen molar-refractivity contribution in [3.63, 3.8) is 0 Å². The molecule has 0 radical (unpaired) electrons. The molecule has 2 rings (SSSR count). The van der Waals surface area contributed by atoms with Crippen molar-refractivity contribution in [2.24, 2.45) is 5.41 Å². The summed E-state index contributed by atoms with van der Waals surface area (Å²) in [7, 11) is 0. The van der Waals surface area contributed by atoms with Crippen LogP contribution in [0.2, 0.25) is 0 Å². The summed E-state index contributed by atoms with van der Waals surface area (Å²) in [5.74, 6) is 0.353. The van der Waals surface area contributed by atoms with E-state index in [0.29, 0.717) is 5.75 Å². The molecule has 1 atom stereocenters. The van der Waals surface area contributed by atoms with E-state index in [9.17, 15) is 10.2 Å². The molecule has 0 amide bonds. The predicted molar refractivity (Wildman–Crippen MR) is 77.1 cm³/mol. The Hall–Kier alpha value is -1.06. The average molecular weight is 263 g/mol. The number of phenols is 1. The average Bonchev–Trinajstić information content (AvgIpc) is 2.91. The monoisotopic (exact) mass is 263 g/mol. The van der Waals surface area contributed by atoms with Crippen molar-refractivity contribution in [3.05, 3.63) is 29.8 Å². The smallest absolute Gasteiger partial charge is 0.120 e. The lowest BCUT2D eigenvalue weighted by molar-refractivity contribution is 0.124. The molecule has 0 aliphatic heterocycles. The van der Waals surface area contributed by atoms with Gasteiger partial charge in [-0.2, -0.15) is 0 Å². The molecule has 0 bridgehead atoms. The van der Waals surface area contributed by atoms with Crippen LogP contribution in [0.4, 0.5) is 0 Å². The number of phenolic OH excluding ortho intramolecular Hbond substituents is 1. The van der Waals surface area contributed by atoms with Crippen molar-refractivity contribution in [2.45, 2.75) is 45.1 Å². The first-order chi connectivity index (χ1) is 9.21. The Morgan fingerprint density at radius 2 is 1.95 bits per heavy atom. The molecule has 0 spiro atoms. The van der Waals surface area contributed by atoms with Crippen LogP contribution in [0.1, 0.15) is 50.6 Å². The van der Waals surface area contributed by atoms with Crippen LogP contribution in [-0.2, 0) is 0 Å². The van der Waals surface area contributed by atoms with Crippen molar-refractivity contribution < 1.29 is 10.2 Å². The Labute approximate surface area is 115 Å². The molecule has 1 fully saturated rings. The van der Waals surface area contributed by atoms with Gasteiger partial charge in [-0.3, -0.25) is 0 Å². The molecule has 3 N–H and O–H groups in total. The number of aliphatic hydroxyl groups is 1. The van der Waals surface area contributed by atoms with Gasteiger partial charge in [-0.1, -0.05) is 38.0 Å². The maximum absolute atomic E-state index is 9.94.